The predicted octanol–water partition coefficient (Wildman–Crippen LogP) is 3.97. The Bertz CT molecular complexity index is 456. The van der Waals surface area contributed by atoms with Crippen molar-refractivity contribution < 1.29 is 4.39 Å². The summed E-state index contributed by atoms with van der Waals surface area (Å²) >= 11 is 0. The predicted molar refractivity (Wildman–Crippen MR) is 80.1 cm³/mol. The molecule has 19 heavy (non-hydrogen) atoms. The van der Waals surface area contributed by atoms with E-state index in [2.05, 4.69) is 29.6 Å². The van der Waals surface area contributed by atoms with Gasteiger partial charge in [0.2, 0.25) is 0 Å². The number of benzene rings is 2. The van der Waals surface area contributed by atoms with Gasteiger partial charge in [0, 0.05) is 6.54 Å². The van der Waals surface area contributed by atoms with Gasteiger partial charge in [-0.05, 0) is 42.6 Å². The molecule has 0 aliphatic heterocycles. The summed E-state index contributed by atoms with van der Waals surface area (Å²) in [4.78, 5) is 0. The van der Waals surface area contributed by atoms with E-state index < -0.39 is 0 Å². The highest BCUT2D eigenvalue weighted by molar-refractivity contribution is 5.85. The molecule has 0 radical (unpaired) electrons. The summed E-state index contributed by atoms with van der Waals surface area (Å²) in [6.45, 7) is 1.89. The lowest BCUT2D eigenvalue weighted by atomic mass is 10.1. The molecule has 0 unspecified atom stereocenters. The van der Waals surface area contributed by atoms with Crippen molar-refractivity contribution in [1.82, 2.24) is 5.32 Å². The number of hydrogen-bond acceptors (Lipinski definition) is 1. The molecule has 102 valence electrons. The van der Waals surface area contributed by atoms with Crippen molar-refractivity contribution in [2.45, 2.75) is 19.4 Å². The lowest BCUT2D eigenvalue weighted by Crippen LogP contribution is -2.15. The molecular weight excluding hydrogens is 261 g/mol. The minimum atomic E-state index is -0.166. The molecule has 1 nitrogen and oxygen atoms in total. The molecule has 0 aromatic heterocycles. The van der Waals surface area contributed by atoms with E-state index in [9.17, 15) is 4.39 Å². The van der Waals surface area contributed by atoms with Crippen LogP contribution in [-0.4, -0.2) is 6.54 Å². The van der Waals surface area contributed by atoms with E-state index in [0.717, 1.165) is 25.9 Å². The lowest BCUT2D eigenvalue weighted by Gasteiger charge is -2.05. The molecule has 3 heteroatoms. The van der Waals surface area contributed by atoms with Gasteiger partial charge in [-0.2, -0.15) is 0 Å². The summed E-state index contributed by atoms with van der Waals surface area (Å²) in [7, 11) is 0. The number of aryl methyl sites for hydroxylation is 1. The third-order valence-electron chi connectivity index (χ3n) is 2.90. The number of halogens is 2. The fraction of sp³-hybridized carbons (Fsp3) is 0.250. The van der Waals surface area contributed by atoms with Crippen molar-refractivity contribution in [3.8, 4) is 0 Å². The van der Waals surface area contributed by atoms with Gasteiger partial charge < -0.3 is 5.32 Å². The summed E-state index contributed by atoms with van der Waals surface area (Å²) < 4.78 is 12.7. The monoisotopic (exact) mass is 279 g/mol. The molecule has 0 aliphatic rings. The highest BCUT2D eigenvalue weighted by Crippen LogP contribution is 2.05. The van der Waals surface area contributed by atoms with Crippen molar-refractivity contribution >= 4 is 12.4 Å². The van der Waals surface area contributed by atoms with Gasteiger partial charge in [-0.3, -0.25) is 0 Å². The molecule has 2 aromatic rings. The minimum Gasteiger partial charge on any atom is -0.313 e. The van der Waals surface area contributed by atoms with Crippen molar-refractivity contribution in [1.29, 1.82) is 0 Å². The highest BCUT2D eigenvalue weighted by atomic mass is 35.5. The zero-order chi connectivity index (χ0) is 12.6. The van der Waals surface area contributed by atoms with E-state index >= 15 is 0 Å². The third kappa shape index (κ3) is 5.86. The van der Waals surface area contributed by atoms with E-state index in [1.807, 2.05) is 18.2 Å². The van der Waals surface area contributed by atoms with Crippen molar-refractivity contribution in [2.24, 2.45) is 0 Å². The van der Waals surface area contributed by atoms with Crippen molar-refractivity contribution in [3.05, 3.63) is 71.5 Å². The Hall–Kier alpha value is -1.38. The Kier molecular flexibility index (Phi) is 7.16. The number of hydrogen-bond donors (Lipinski definition) is 1. The molecule has 2 rings (SSSR count). The second-order valence-corrected chi connectivity index (χ2v) is 4.39. The molecule has 0 aliphatic carbocycles. The maximum absolute atomic E-state index is 12.7. The Morgan fingerprint density at radius 1 is 0.842 bits per heavy atom. The van der Waals surface area contributed by atoms with Gasteiger partial charge >= 0.3 is 0 Å². The maximum atomic E-state index is 12.7. The molecular formula is C16H19ClFN. The van der Waals surface area contributed by atoms with Gasteiger partial charge in [0.15, 0.2) is 0 Å². The quantitative estimate of drug-likeness (QED) is 0.789. The van der Waals surface area contributed by atoms with Crippen LogP contribution < -0.4 is 5.32 Å². The summed E-state index contributed by atoms with van der Waals surface area (Å²) in [5.74, 6) is -0.166. The zero-order valence-electron chi connectivity index (χ0n) is 10.8. The van der Waals surface area contributed by atoms with Gasteiger partial charge in [0.25, 0.3) is 0 Å². The van der Waals surface area contributed by atoms with Crippen molar-refractivity contribution in [2.75, 3.05) is 6.54 Å². The third-order valence-corrected chi connectivity index (χ3v) is 2.90. The summed E-state index contributed by atoms with van der Waals surface area (Å²) in [5.41, 5.74) is 2.50. The summed E-state index contributed by atoms with van der Waals surface area (Å²) in [6.07, 6.45) is 2.06. The smallest absolute Gasteiger partial charge is 0.123 e. The van der Waals surface area contributed by atoms with E-state index in [1.165, 1.54) is 23.3 Å². The van der Waals surface area contributed by atoms with Gasteiger partial charge in [-0.15, -0.1) is 12.4 Å². The Morgan fingerprint density at radius 3 is 2.21 bits per heavy atom. The van der Waals surface area contributed by atoms with E-state index in [4.69, 9.17) is 0 Å². The second-order valence-electron chi connectivity index (χ2n) is 4.39. The van der Waals surface area contributed by atoms with Crippen LogP contribution in [0.2, 0.25) is 0 Å². The van der Waals surface area contributed by atoms with Gasteiger partial charge in [-0.1, -0.05) is 42.5 Å². The first-order valence-corrected chi connectivity index (χ1v) is 6.34. The van der Waals surface area contributed by atoms with Crippen LogP contribution in [-0.2, 0) is 13.0 Å². The first-order valence-electron chi connectivity index (χ1n) is 6.34. The van der Waals surface area contributed by atoms with Crippen LogP contribution in [0.15, 0.2) is 54.6 Å². The topological polar surface area (TPSA) is 12.0 Å². The van der Waals surface area contributed by atoms with Crippen LogP contribution in [0, 0.1) is 5.82 Å². The first-order chi connectivity index (χ1) is 8.84. The molecule has 0 atom stereocenters. The molecule has 0 bridgehead atoms. The van der Waals surface area contributed by atoms with Crippen LogP contribution in [0.3, 0.4) is 0 Å². The number of rotatable bonds is 6. The fourth-order valence-corrected chi connectivity index (χ4v) is 1.90. The van der Waals surface area contributed by atoms with Gasteiger partial charge in [0.05, 0.1) is 0 Å². The summed E-state index contributed by atoms with van der Waals surface area (Å²) in [5, 5.41) is 3.41. The minimum absolute atomic E-state index is 0. The van der Waals surface area contributed by atoms with Crippen LogP contribution in [0.1, 0.15) is 17.5 Å². The molecule has 0 spiro atoms. The maximum Gasteiger partial charge on any atom is 0.123 e. The Balaban J connectivity index is 0.00000180. The molecule has 0 saturated heterocycles. The van der Waals surface area contributed by atoms with Crippen molar-refractivity contribution in [3.63, 3.8) is 0 Å². The molecule has 0 amide bonds. The van der Waals surface area contributed by atoms with Crippen LogP contribution >= 0.6 is 12.4 Å². The van der Waals surface area contributed by atoms with Gasteiger partial charge in [-0.25, -0.2) is 4.39 Å². The lowest BCUT2D eigenvalue weighted by molar-refractivity contribution is 0.624. The molecule has 0 fully saturated rings. The standard InChI is InChI=1S/C16H18FN.ClH/c17-16-10-8-14(9-11-16)7-4-12-18-13-15-5-2-1-3-6-15;/h1-3,5-6,8-11,18H,4,7,12-13H2;1H. The van der Waals surface area contributed by atoms with Crippen LogP contribution in [0.25, 0.3) is 0 Å². The van der Waals surface area contributed by atoms with Crippen LogP contribution in [0.4, 0.5) is 4.39 Å². The fourth-order valence-electron chi connectivity index (χ4n) is 1.90. The normalized spacial score (nSPS) is 9.95. The largest absolute Gasteiger partial charge is 0.313 e. The average Bonchev–Trinajstić information content (AvgIpc) is 2.42. The molecule has 2 aromatic carbocycles. The SMILES string of the molecule is Cl.Fc1ccc(CCCNCc2ccccc2)cc1. The van der Waals surface area contributed by atoms with Crippen LogP contribution in [0.5, 0.6) is 0 Å². The summed E-state index contributed by atoms with van der Waals surface area (Å²) in [6, 6.07) is 17.1. The molecule has 0 saturated carbocycles. The van der Waals surface area contributed by atoms with E-state index in [-0.39, 0.29) is 18.2 Å². The second kappa shape index (κ2) is 8.68. The number of nitrogens with one attached hydrogen (secondary N) is 1. The van der Waals surface area contributed by atoms with E-state index in [0.29, 0.717) is 0 Å². The Labute approximate surface area is 120 Å². The highest BCUT2D eigenvalue weighted by Gasteiger charge is 1.95. The zero-order valence-corrected chi connectivity index (χ0v) is 11.6. The van der Waals surface area contributed by atoms with Gasteiger partial charge in [0.1, 0.15) is 5.82 Å². The average molecular weight is 280 g/mol. The first kappa shape index (κ1) is 15.7. The molecule has 1 N–H and O–H groups in total. The Morgan fingerprint density at radius 2 is 1.53 bits per heavy atom. The molecule has 0 heterocycles. The van der Waals surface area contributed by atoms with E-state index in [1.54, 1.807) is 0 Å².